The molecule has 5 N–H and O–H groups in total. The summed E-state index contributed by atoms with van der Waals surface area (Å²) in [5, 5.41) is 5.89. The van der Waals surface area contributed by atoms with E-state index in [9.17, 15) is 9.18 Å². The second-order valence-electron chi connectivity index (χ2n) is 8.75. The Labute approximate surface area is 188 Å². The van der Waals surface area contributed by atoms with Crippen LogP contribution in [0.5, 0.6) is 0 Å². The zero-order chi connectivity index (χ0) is 22.7. The molecule has 3 atom stereocenters. The van der Waals surface area contributed by atoms with Gasteiger partial charge < -0.3 is 20.0 Å². The van der Waals surface area contributed by atoms with Crippen LogP contribution < -0.4 is 27.0 Å². The van der Waals surface area contributed by atoms with Crippen LogP contribution in [0.3, 0.4) is 0 Å². The molecule has 0 amide bonds. The number of pyridine rings is 1. The molecule has 1 unspecified atom stereocenters. The number of likely N-dealkylation sites (tertiary alicyclic amines) is 1. The van der Waals surface area contributed by atoms with Gasteiger partial charge in [0.25, 0.3) is 0 Å². The van der Waals surface area contributed by atoms with E-state index in [1.165, 1.54) is 6.42 Å². The van der Waals surface area contributed by atoms with E-state index in [2.05, 4.69) is 42.4 Å². The second-order valence-corrected chi connectivity index (χ2v) is 8.75. The van der Waals surface area contributed by atoms with E-state index in [4.69, 9.17) is 10.2 Å². The maximum atomic E-state index is 14.8. The van der Waals surface area contributed by atoms with Gasteiger partial charge in [-0.2, -0.15) is 0 Å². The first kappa shape index (κ1) is 19.9. The molecule has 0 radical (unpaired) electrons. The van der Waals surface area contributed by atoms with E-state index in [1.54, 1.807) is 24.4 Å². The minimum Gasteiger partial charge on any atom is -0.408 e. The molecule has 33 heavy (non-hydrogen) atoms. The van der Waals surface area contributed by atoms with E-state index >= 15 is 0 Å². The monoisotopic (exact) mass is 450 g/mol. The number of nitrogens with two attached hydrogens (primary N) is 1. The molecule has 2 bridgehead atoms. The molecule has 0 aliphatic carbocycles. The van der Waals surface area contributed by atoms with Gasteiger partial charge in [0.15, 0.2) is 17.1 Å². The smallest absolute Gasteiger partial charge is 0.408 e. The Kier molecular flexibility index (Phi) is 4.32. The summed E-state index contributed by atoms with van der Waals surface area (Å²) in [5.74, 6) is -0.0387. The predicted octanol–water partition coefficient (Wildman–Crippen LogP) is 1.40. The molecular formula is C22H23FN8O2. The summed E-state index contributed by atoms with van der Waals surface area (Å²) >= 11 is 0. The maximum Gasteiger partial charge on any atom is 0.417 e. The van der Waals surface area contributed by atoms with Crippen molar-refractivity contribution >= 4 is 28.6 Å². The zero-order valence-electron chi connectivity index (χ0n) is 17.9. The first-order valence-corrected chi connectivity index (χ1v) is 10.7. The molecule has 3 aliphatic heterocycles. The third kappa shape index (κ3) is 3.28. The van der Waals surface area contributed by atoms with Crippen LogP contribution >= 0.6 is 0 Å². The third-order valence-corrected chi connectivity index (χ3v) is 6.67. The van der Waals surface area contributed by atoms with Gasteiger partial charge in [-0.1, -0.05) is 6.07 Å². The number of nitrogens with one attached hydrogen (secondary N) is 3. The summed E-state index contributed by atoms with van der Waals surface area (Å²) < 4.78 is 19.8. The number of hydrogen-bond donors (Lipinski definition) is 4. The SMILES string of the molecule is CN1C[C@@H]2C[C@H]1CN2c1ccc(NC2=NC(N)(c3ccc4oc(=O)[nH]c4c3)C(F)=CN2)cn1. The number of halogens is 1. The highest BCUT2D eigenvalue weighted by Crippen LogP contribution is 2.34. The number of anilines is 2. The van der Waals surface area contributed by atoms with Gasteiger partial charge in [0.05, 0.1) is 17.4 Å². The van der Waals surface area contributed by atoms with Crippen molar-refractivity contribution < 1.29 is 8.81 Å². The number of H-pyrrole nitrogens is 1. The molecule has 2 saturated heterocycles. The lowest BCUT2D eigenvalue weighted by atomic mass is 9.98. The van der Waals surface area contributed by atoms with Gasteiger partial charge >= 0.3 is 5.76 Å². The lowest BCUT2D eigenvalue weighted by Gasteiger charge is -2.32. The van der Waals surface area contributed by atoms with E-state index in [1.807, 2.05) is 12.1 Å². The Morgan fingerprint density at radius 1 is 1.27 bits per heavy atom. The highest BCUT2D eigenvalue weighted by molar-refractivity contribution is 5.95. The van der Waals surface area contributed by atoms with Gasteiger partial charge in [-0.05, 0) is 37.7 Å². The second kappa shape index (κ2) is 7.15. The third-order valence-electron chi connectivity index (χ3n) is 6.67. The average Bonchev–Trinajstić information content (AvgIpc) is 3.49. The summed E-state index contributed by atoms with van der Waals surface area (Å²) in [4.78, 5) is 27.7. The topological polar surface area (TPSA) is 128 Å². The summed E-state index contributed by atoms with van der Waals surface area (Å²) in [5.41, 5.74) is 6.43. The molecular weight excluding hydrogens is 427 g/mol. The van der Waals surface area contributed by atoms with Gasteiger partial charge in [-0.25, -0.2) is 19.2 Å². The van der Waals surface area contributed by atoms with Crippen molar-refractivity contribution in [1.82, 2.24) is 20.2 Å². The van der Waals surface area contributed by atoms with Crippen LogP contribution in [-0.2, 0) is 5.66 Å². The molecule has 170 valence electrons. The standard InChI is InChI=1S/C22H23FN8O2/c1-30-10-15-7-14(30)11-31(15)19-5-3-13(8-25-19)27-20-26-9-18(23)22(24,29-20)12-2-4-17-16(6-12)28-21(32)33-17/h2-6,8-9,14-15H,7,10-11,24H2,1H3,(H,28,32)(H2,26,27,29)/t14-,15-,22?/m0/s1. The fraction of sp³-hybridized carbons (Fsp3) is 0.318. The number of benzene rings is 1. The molecule has 1 aromatic carbocycles. The number of oxazole rings is 1. The zero-order valence-corrected chi connectivity index (χ0v) is 17.9. The fourth-order valence-electron chi connectivity index (χ4n) is 4.87. The van der Waals surface area contributed by atoms with Crippen molar-refractivity contribution in [3.8, 4) is 0 Å². The number of nitrogens with zero attached hydrogens (tertiary/aromatic N) is 4. The van der Waals surface area contributed by atoms with E-state index in [0.29, 0.717) is 34.4 Å². The van der Waals surface area contributed by atoms with Crippen molar-refractivity contribution in [3.05, 3.63) is 64.7 Å². The lowest BCUT2D eigenvalue weighted by molar-refractivity contribution is 0.292. The van der Waals surface area contributed by atoms with E-state index in [0.717, 1.165) is 25.1 Å². The Morgan fingerprint density at radius 2 is 2.15 bits per heavy atom. The number of likely N-dealkylation sites (N-methyl/N-ethyl adjacent to an activating group) is 1. The average molecular weight is 450 g/mol. The van der Waals surface area contributed by atoms with Crippen LogP contribution in [0.25, 0.3) is 11.1 Å². The van der Waals surface area contributed by atoms with Crippen molar-refractivity contribution in [2.75, 3.05) is 30.4 Å². The lowest BCUT2D eigenvalue weighted by Crippen LogP contribution is -2.45. The van der Waals surface area contributed by atoms with Gasteiger partial charge in [-0.15, -0.1) is 0 Å². The quantitative estimate of drug-likeness (QED) is 0.472. The number of hydrogen-bond acceptors (Lipinski definition) is 9. The molecule has 6 rings (SSSR count). The summed E-state index contributed by atoms with van der Waals surface area (Å²) in [6, 6.07) is 9.67. The Balaban J connectivity index is 1.23. The first-order chi connectivity index (χ1) is 15.9. The number of rotatable bonds is 3. The Hall–Kier alpha value is -3.70. The normalized spacial score (nSPS) is 26.9. The summed E-state index contributed by atoms with van der Waals surface area (Å²) in [7, 11) is 2.17. The fourth-order valence-corrected chi connectivity index (χ4v) is 4.87. The van der Waals surface area contributed by atoms with Crippen LogP contribution in [0.4, 0.5) is 15.9 Å². The van der Waals surface area contributed by atoms with Crippen molar-refractivity contribution in [3.63, 3.8) is 0 Å². The summed E-state index contributed by atoms with van der Waals surface area (Å²) in [6.07, 6.45) is 4.06. The molecule has 3 aliphatic rings. The first-order valence-electron chi connectivity index (χ1n) is 10.7. The highest BCUT2D eigenvalue weighted by Gasteiger charge is 2.42. The number of fused-ring (bicyclic) bond motifs is 3. The van der Waals surface area contributed by atoms with E-state index < -0.39 is 17.2 Å². The molecule has 2 fully saturated rings. The minimum atomic E-state index is -1.76. The van der Waals surface area contributed by atoms with Crippen LogP contribution in [0.2, 0.25) is 0 Å². The van der Waals surface area contributed by atoms with Crippen LogP contribution in [0, 0.1) is 0 Å². The van der Waals surface area contributed by atoms with Gasteiger partial charge in [0, 0.05) is 36.9 Å². The molecule has 0 spiro atoms. The van der Waals surface area contributed by atoms with Gasteiger partial charge in [-0.3, -0.25) is 15.6 Å². The van der Waals surface area contributed by atoms with Crippen molar-refractivity contribution in [2.24, 2.45) is 10.7 Å². The number of aromatic amines is 1. The molecule has 5 heterocycles. The molecule has 10 nitrogen and oxygen atoms in total. The maximum absolute atomic E-state index is 14.8. The molecule has 11 heteroatoms. The number of guanidine groups is 1. The van der Waals surface area contributed by atoms with Gasteiger partial charge in [0.1, 0.15) is 5.82 Å². The number of piperazine rings is 1. The van der Waals surface area contributed by atoms with Crippen LogP contribution in [0.1, 0.15) is 12.0 Å². The van der Waals surface area contributed by atoms with Gasteiger partial charge in [0.2, 0.25) is 5.96 Å². The van der Waals surface area contributed by atoms with Crippen molar-refractivity contribution in [2.45, 2.75) is 24.2 Å². The summed E-state index contributed by atoms with van der Waals surface area (Å²) in [6.45, 7) is 2.04. The molecule has 3 aromatic rings. The minimum absolute atomic E-state index is 0.274. The Bertz CT molecular complexity index is 1340. The van der Waals surface area contributed by atoms with E-state index in [-0.39, 0.29) is 5.96 Å². The predicted molar refractivity (Wildman–Crippen MR) is 122 cm³/mol. The van der Waals surface area contributed by atoms with Crippen LogP contribution in [-0.4, -0.2) is 53.0 Å². The van der Waals surface area contributed by atoms with Crippen LogP contribution in [0.15, 0.2) is 62.8 Å². The number of aliphatic imine (C=N–C) groups is 1. The van der Waals surface area contributed by atoms with Crippen molar-refractivity contribution in [1.29, 1.82) is 0 Å². The molecule has 0 saturated carbocycles. The largest absolute Gasteiger partial charge is 0.417 e. The molecule has 2 aromatic heterocycles. The highest BCUT2D eigenvalue weighted by atomic mass is 19.1. The Morgan fingerprint density at radius 3 is 2.88 bits per heavy atom. The number of aromatic nitrogens is 2.